The predicted molar refractivity (Wildman–Crippen MR) is 115 cm³/mol. The highest BCUT2D eigenvalue weighted by atomic mass is 79.9. The first-order valence-corrected chi connectivity index (χ1v) is 10.2. The van der Waals surface area contributed by atoms with Crippen molar-refractivity contribution in [1.29, 1.82) is 0 Å². The van der Waals surface area contributed by atoms with E-state index in [1.807, 2.05) is 54.7 Å². The van der Waals surface area contributed by atoms with Crippen LogP contribution in [0.3, 0.4) is 0 Å². The lowest BCUT2D eigenvalue weighted by Crippen LogP contribution is -2.21. The number of hydrogen-bond donors (Lipinski definition) is 0. The number of fused-ring (bicyclic) bond motifs is 2. The van der Waals surface area contributed by atoms with Gasteiger partial charge in [0.25, 0.3) is 0 Å². The van der Waals surface area contributed by atoms with E-state index >= 15 is 0 Å². The van der Waals surface area contributed by atoms with E-state index in [2.05, 4.69) is 21.0 Å². The Morgan fingerprint density at radius 3 is 2.66 bits per heavy atom. The van der Waals surface area contributed by atoms with Crippen molar-refractivity contribution in [3.8, 4) is 16.9 Å². The molecule has 0 fully saturated rings. The number of aromatic nitrogens is 3. The Morgan fingerprint density at radius 2 is 1.86 bits per heavy atom. The Labute approximate surface area is 176 Å². The molecule has 2 heterocycles. The monoisotopic (exact) mass is 447 g/mol. The molecule has 1 atom stereocenters. The molecule has 1 aliphatic rings. The van der Waals surface area contributed by atoms with E-state index in [0.29, 0.717) is 18.4 Å². The molecule has 6 heteroatoms. The predicted octanol–water partition coefficient (Wildman–Crippen LogP) is 5.08. The van der Waals surface area contributed by atoms with Gasteiger partial charge >= 0.3 is 0 Å². The molecule has 144 valence electrons. The summed E-state index contributed by atoms with van der Waals surface area (Å²) in [5, 5.41) is 4.43. The van der Waals surface area contributed by atoms with Crippen molar-refractivity contribution in [2.75, 3.05) is 7.11 Å². The summed E-state index contributed by atoms with van der Waals surface area (Å²) in [6.07, 6.45) is 4.77. The normalized spacial score (nSPS) is 16.1. The molecule has 29 heavy (non-hydrogen) atoms. The number of carbonyl (C=O) groups excluding carboxylic acids is 1. The molecule has 0 saturated heterocycles. The number of carbonyl (C=O) groups is 1. The zero-order chi connectivity index (χ0) is 20.0. The third-order valence-electron chi connectivity index (χ3n) is 5.48. The Bertz CT molecular complexity index is 1230. The number of Topliss-reactive ketones (excluding diaryl/α,β-unsaturated/α-hetero) is 1. The number of nitrogens with zero attached hydrogens (tertiary/aromatic N) is 3. The molecular formula is C23H18BrN3O2. The molecule has 5 nitrogen and oxygen atoms in total. The first-order chi connectivity index (χ1) is 14.1. The number of para-hydroxylation sites is 1. The first kappa shape index (κ1) is 18.1. The quantitative estimate of drug-likeness (QED) is 0.439. The molecule has 0 saturated carbocycles. The maximum Gasteiger partial charge on any atom is 0.166 e. The third kappa shape index (κ3) is 3.13. The molecule has 4 aromatic rings. The minimum Gasteiger partial charge on any atom is -0.496 e. The SMILES string of the molecule is COc1ccccc1C1CC(=O)c2cn3ncc(-c4ccc(Br)cc4)c3nc2C1. The fraction of sp³-hybridized carbons (Fsp3) is 0.174. The Hall–Kier alpha value is -2.99. The minimum absolute atomic E-state index is 0.0557. The van der Waals surface area contributed by atoms with Crippen LogP contribution in [0.15, 0.2) is 65.4 Å². The molecule has 5 rings (SSSR count). The van der Waals surface area contributed by atoms with E-state index in [4.69, 9.17) is 9.72 Å². The van der Waals surface area contributed by atoms with Crippen LogP contribution in [-0.2, 0) is 6.42 Å². The van der Waals surface area contributed by atoms with E-state index in [1.54, 1.807) is 17.8 Å². The summed E-state index contributed by atoms with van der Waals surface area (Å²) in [6, 6.07) is 16.0. The van der Waals surface area contributed by atoms with Gasteiger partial charge in [-0.2, -0.15) is 5.10 Å². The standard InChI is InChI=1S/C23H18BrN3O2/c1-29-22-5-3-2-4-17(22)15-10-20-19(21(28)11-15)13-27-23(26-20)18(12-25-27)14-6-8-16(24)9-7-14/h2-9,12-13,15H,10-11H2,1H3. The number of rotatable bonds is 3. The van der Waals surface area contributed by atoms with Crippen molar-refractivity contribution < 1.29 is 9.53 Å². The van der Waals surface area contributed by atoms with Crippen LogP contribution in [0.5, 0.6) is 5.75 Å². The van der Waals surface area contributed by atoms with E-state index in [1.165, 1.54) is 0 Å². The van der Waals surface area contributed by atoms with E-state index in [9.17, 15) is 4.79 Å². The van der Waals surface area contributed by atoms with Crippen molar-refractivity contribution in [1.82, 2.24) is 14.6 Å². The van der Waals surface area contributed by atoms with Gasteiger partial charge in [-0.3, -0.25) is 4.79 Å². The molecule has 1 unspecified atom stereocenters. The van der Waals surface area contributed by atoms with Crippen LogP contribution in [0.4, 0.5) is 0 Å². The molecule has 0 aliphatic heterocycles. The number of halogens is 1. The summed E-state index contributed by atoms with van der Waals surface area (Å²) in [5.74, 6) is 0.965. The van der Waals surface area contributed by atoms with Gasteiger partial charge in [0.2, 0.25) is 0 Å². The zero-order valence-corrected chi connectivity index (χ0v) is 17.4. The van der Waals surface area contributed by atoms with Crippen LogP contribution in [0.2, 0.25) is 0 Å². The molecular weight excluding hydrogens is 430 g/mol. The Balaban J connectivity index is 1.60. The zero-order valence-electron chi connectivity index (χ0n) is 15.8. The number of hydrogen-bond acceptors (Lipinski definition) is 4. The smallest absolute Gasteiger partial charge is 0.166 e. The number of benzene rings is 2. The van der Waals surface area contributed by atoms with E-state index < -0.39 is 0 Å². The van der Waals surface area contributed by atoms with Gasteiger partial charge in [0, 0.05) is 28.6 Å². The minimum atomic E-state index is 0.0557. The number of ketones is 1. The highest BCUT2D eigenvalue weighted by molar-refractivity contribution is 9.10. The lowest BCUT2D eigenvalue weighted by atomic mass is 9.82. The average molecular weight is 448 g/mol. The highest BCUT2D eigenvalue weighted by Gasteiger charge is 2.30. The summed E-state index contributed by atoms with van der Waals surface area (Å²) in [7, 11) is 1.66. The Morgan fingerprint density at radius 1 is 1.07 bits per heavy atom. The topological polar surface area (TPSA) is 56.5 Å². The van der Waals surface area contributed by atoms with Gasteiger partial charge in [-0.15, -0.1) is 0 Å². The van der Waals surface area contributed by atoms with Gasteiger partial charge in [0.15, 0.2) is 11.4 Å². The molecule has 0 N–H and O–H groups in total. The number of ether oxygens (including phenoxy) is 1. The summed E-state index contributed by atoms with van der Waals surface area (Å²) in [4.78, 5) is 17.8. The van der Waals surface area contributed by atoms with Gasteiger partial charge in [0.1, 0.15) is 5.75 Å². The molecule has 2 aromatic carbocycles. The second-order valence-corrected chi connectivity index (χ2v) is 8.12. The highest BCUT2D eigenvalue weighted by Crippen LogP contribution is 2.37. The van der Waals surface area contributed by atoms with Crippen LogP contribution in [0.25, 0.3) is 16.8 Å². The molecule has 0 bridgehead atoms. The fourth-order valence-corrected chi connectivity index (χ4v) is 4.30. The molecule has 0 amide bonds. The fourth-order valence-electron chi connectivity index (χ4n) is 4.03. The second-order valence-electron chi connectivity index (χ2n) is 7.20. The van der Waals surface area contributed by atoms with Gasteiger partial charge in [-0.1, -0.05) is 46.3 Å². The van der Waals surface area contributed by atoms with Crippen LogP contribution in [0.1, 0.15) is 34.0 Å². The summed E-state index contributed by atoms with van der Waals surface area (Å²) >= 11 is 3.47. The van der Waals surface area contributed by atoms with Gasteiger partial charge in [-0.05, 0) is 35.7 Å². The molecule has 0 spiro atoms. The second kappa shape index (κ2) is 7.12. The van der Waals surface area contributed by atoms with Crippen molar-refractivity contribution in [2.45, 2.75) is 18.8 Å². The van der Waals surface area contributed by atoms with Gasteiger partial charge in [0.05, 0.1) is 24.6 Å². The first-order valence-electron chi connectivity index (χ1n) is 9.43. The maximum atomic E-state index is 12.9. The Kier molecular flexibility index (Phi) is 4.43. The number of methoxy groups -OCH3 is 1. The molecule has 1 aliphatic carbocycles. The van der Waals surface area contributed by atoms with Crippen molar-refractivity contribution in [3.05, 3.63) is 82.2 Å². The van der Waals surface area contributed by atoms with E-state index in [-0.39, 0.29) is 11.7 Å². The lowest BCUT2D eigenvalue weighted by molar-refractivity contribution is 0.0962. The van der Waals surface area contributed by atoms with Crippen LogP contribution in [-0.4, -0.2) is 27.5 Å². The average Bonchev–Trinajstić information content (AvgIpc) is 3.16. The van der Waals surface area contributed by atoms with E-state index in [0.717, 1.165) is 38.3 Å². The summed E-state index contributed by atoms with van der Waals surface area (Å²) in [5.41, 5.74) is 5.29. The van der Waals surface area contributed by atoms with Crippen LogP contribution < -0.4 is 4.74 Å². The maximum absolute atomic E-state index is 12.9. The molecule has 0 radical (unpaired) electrons. The van der Waals surface area contributed by atoms with Gasteiger partial charge in [-0.25, -0.2) is 9.50 Å². The third-order valence-corrected chi connectivity index (χ3v) is 6.01. The van der Waals surface area contributed by atoms with Crippen molar-refractivity contribution in [2.24, 2.45) is 0 Å². The molecule has 2 aromatic heterocycles. The largest absolute Gasteiger partial charge is 0.496 e. The van der Waals surface area contributed by atoms with Crippen molar-refractivity contribution in [3.63, 3.8) is 0 Å². The lowest BCUT2D eigenvalue weighted by Gasteiger charge is -2.24. The van der Waals surface area contributed by atoms with Crippen LogP contribution in [0, 0.1) is 0 Å². The summed E-state index contributed by atoms with van der Waals surface area (Å²) in [6.45, 7) is 0. The summed E-state index contributed by atoms with van der Waals surface area (Å²) < 4.78 is 8.24. The van der Waals surface area contributed by atoms with Crippen molar-refractivity contribution >= 4 is 27.4 Å². The van der Waals surface area contributed by atoms with Gasteiger partial charge < -0.3 is 4.74 Å². The van der Waals surface area contributed by atoms with Crippen LogP contribution >= 0.6 is 15.9 Å².